The molecule has 0 amide bonds. The molecule has 146 valence electrons. The molecule has 0 N–H and O–H groups in total. The lowest BCUT2D eigenvalue weighted by molar-refractivity contribution is -0.119. The van der Waals surface area contributed by atoms with Crippen LogP contribution in [0.15, 0.2) is 0 Å². The highest BCUT2D eigenvalue weighted by Gasteiger charge is 2.75. The van der Waals surface area contributed by atoms with Gasteiger partial charge in [0, 0.05) is 12.5 Å². The fourth-order valence-corrected chi connectivity index (χ4v) is 7.83. The monoisotopic (exact) mass is 368 g/mol. The smallest absolute Gasteiger partial charge is 0.192 e. The van der Waals surface area contributed by atoms with Gasteiger partial charge in [0.1, 0.15) is 6.79 Å². The Hall–Kier alpha value is 0.0969. The second-order valence-corrected chi connectivity index (χ2v) is 15.7. The Bertz CT molecular complexity index is 510. The molecule has 3 rings (SSSR count). The molecule has 1 unspecified atom stereocenters. The molecule has 4 heteroatoms. The van der Waals surface area contributed by atoms with Gasteiger partial charge in [-0.05, 0) is 61.1 Å². The predicted molar refractivity (Wildman–Crippen MR) is 105 cm³/mol. The highest BCUT2D eigenvalue weighted by Crippen LogP contribution is 2.78. The van der Waals surface area contributed by atoms with Gasteiger partial charge in [-0.15, -0.1) is 0 Å². The van der Waals surface area contributed by atoms with Crippen molar-refractivity contribution in [3.63, 3.8) is 0 Å². The topological polar surface area (TPSA) is 27.7 Å². The summed E-state index contributed by atoms with van der Waals surface area (Å²) in [6.45, 7) is 17.2. The molecule has 0 heterocycles. The fourth-order valence-electron chi connectivity index (χ4n) is 6.42. The van der Waals surface area contributed by atoms with Crippen LogP contribution in [0, 0.1) is 16.2 Å². The van der Waals surface area contributed by atoms with Gasteiger partial charge in [-0.3, -0.25) is 0 Å². The molecule has 0 spiro atoms. The highest BCUT2D eigenvalue weighted by molar-refractivity contribution is 6.74. The van der Waals surface area contributed by atoms with Crippen LogP contribution in [0.1, 0.15) is 73.1 Å². The van der Waals surface area contributed by atoms with Crippen LogP contribution >= 0.6 is 0 Å². The van der Waals surface area contributed by atoms with Crippen molar-refractivity contribution >= 4 is 8.32 Å². The summed E-state index contributed by atoms with van der Waals surface area (Å²) in [4.78, 5) is 0. The maximum Gasteiger partial charge on any atom is 0.192 e. The van der Waals surface area contributed by atoms with Gasteiger partial charge in [0.15, 0.2) is 8.32 Å². The third-order valence-corrected chi connectivity index (χ3v) is 13.3. The molecule has 0 aromatic heterocycles. The summed E-state index contributed by atoms with van der Waals surface area (Å²) in [6, 6.07) is 0. The summed E-state index contributed by atoms with van der Waals surface area (Å²) < 4.78 is 18.5. The van der Waals surface area contributed by atoms with Crippen LogP contribution in [-0.2, 0) is 13.9 Å². The van der Waals surface area contributed by atoms with E-state index in [4.69, 9.17) is 13.9 Å². The van der Waals surface area contributed by atoms with Crippen molar-refractivity contribution in [1.82, 2.24) is 0 Å². The van der Waals surface area contributed by atoms with Gasteiger partial charge >= 0.3 is 0 Å². The van der Waals surface area contributed by atoms with Crippen molar-refractivity contribution in [2.45, 2.75) is 103 Å². The lowest BCUT2D eigenvalue weighted by atomic mass is 9.60. The molecule has 3 aliphatic rings. The van der Waals surface area contributed by atoms with Crippen molar-refractivity contribution in [1.29, 1.82) is 0 Å². The number of hydrogen-bond donors (Lipinski definition) is 0. The maximum absolute atomic E-state index is 7.07. The van der Waals surface area contributed by atoms with Crippen LogP contribution in [0.5, 0.6) is 0 Å². The number of methoxy groups -OCH3 is 1. The SMILES string of the molecule is COCOC1C[C@@]23CCC[C@@]2(CC[C@H]3O[Si](C)(C)C(C)(C)C)C1(C)C. The maximum atomic E-state index is 7.07. The van der Waals surface area contributed by atoms with Gasteiger partial charge in [-0.1, -0.05) is 41.0 Å². The zero-order valence-corrected chi connectivity index (χ0v) is 18.8. The Kier molecular flexibility index (Phi) is 4.80. The molecular formula is C21H40O3Si. The molecule has 0 aromatic rings. The van der Waals surface area contributed by atoms with Crippen LogP contribution in [0.2, 0.25) is 18.1 Å². The summed E-state index contributed by atoms with van der Waals surface area (Å²) in [5, 5.41) is 0.271. The van der Waals surface area contributed by atoms with Crippen molar-refractivity contribution in [2.75, 3.05) is 13.9 Å². The van der Waals surface area contributed by atoms with E-state index >= 15 is 0 Å². The first kappa shape index (κ1) is 19.8. The van der Waals surface area contributed by atoms with Gasteiger partial charge in [0.2, 0.25) is 0 Å². The lowest BCUT2D eigenvalue weighted by Gasteiger charge is -2.48. The molecule has 3 fully saturated rings. The van der Waals surface area contributed by atoms with Crippen LogP contribution < -0.4 is 0 Å². The van der Waals surface area contributed by atoms with E-state index in [0.29, 0.717) is 29.8 Å². The second kappa shape index (κ2) is 6.05. The number of rotatable bonds is 5. The molecule has 0 bridgehead atoms. The van der Waals surface area contributed by atoms with E-state index in [-0.39, 0.29) is 10.5 Å². The second-order valence-electron chi connectivity index (χ2n) is 11.0. The first-order chi connectivity index (χ1) is 11.4. The Morgan fingerprint density at radius 2 is 1.72 bits per heavy atom. The van der Waals surface area contributed by atoms with Crippen molar-refractivity contribution < 1.29 is 13.9 Å². The van der Waals surface area contributed by atoms with Crippen LogP contribution in [0.3, 0.4) is 0 Å². The van der Waals surface area contributed by atoms with E-state index in [1.165, 1.54) is 32.1 Å². The molecule has 25 heavy (non-hydrogen) atoms. The molecule has 0 aromatic carbocycles. The molecule has 0 aliphatic heterocycles. The summed E-state index contributed by atoms with van der Waals surface area (Å²) >= 11 is 0. The van der Waals surface area contributed by atoms with E-state index in [9.17, 15) is 0 Å². The minimum Gasteiger partial charge on any atom is -0.413 e. The quantitative estimate of drug-likeness (QED) is 0.457. The summed E-state index contributed by atoms with van der Waals surface area (Å²) in [6.07, 6.45) is 8.46. The summed E-state index contributed by atoms with van der Waals surface area (Å²) in [7, 11) is -0.0318. The molecule has 3 saturated carbocycles. The van der Waals surface area contributed by atoms with Gasteiger partial charge in [0.05, 0.1) is 12.2 Å². The standard InChI is InChI=1S/C21H40O3Si/c1-18(2,3)25(7,8)24-16-10-13-21-12-9-11-20(16,21)14-17(19(21,4)5)23-15-22-6/h16-17H,9-15H2,1-8H3/t16-,17?,20-,21-/m1/s1. The Balaban J connectivity index is 1.91. The van der Waals surface area contributed by atoms with Crippen molar-refractivity contribution in [3.05, 3.63) is 0 Å². The normalized spacial score (nSPS) is 40.3. The molecular weight excluding hydrogens is 328 g/mol. The average molecular weight is 369 g/mol. The van der Waals surface area contributed by atoms with Gasteiger partial charge < -0.3 is 13.9 Å². The van der Waals surface area contributed by atoms with E-state index in [2.05, 4.69) is 47.7 Å². The van der Waals surface area contributed by atoms with Crippen molar-refractivity contribution in [2.24, 2.45) is 16.2 Å². The Morgan fingerprint density at radius 1 is 1.04 bits per heavy atom. The molecule has 3 nitrogen and oxygen atoms in total. The van der Waals surface area contributed by atoms with Crippen LogP contribution in [-0.4, -0.2) is 34.4 Å². The molecule has 3 aliphatic carbocycles. The molecule has 0 radical (unpaired) electrons. The first-order valence-corrected chi connectivity index (χ1v) is 13.1. The zero-order valence-electron chi connectivity index (χ0n) is 17.8. The predicted octanol–water partition coefficient (Wildman–Crippen LogP) is 5.75. The third-order valence-electron chi connectivity index (χ3n) is 8.85. The van der Waals surface area contributed by atoms with Crippen LogP contribution in [0.4, 0.5) is 0 Å². The minimum atomic E-state index is -1.76. The van der Waals surface area contributed by atoms with E-state index in [1.807, 2.05) is 0 Å². The van der Waals surface area contributed by atoms with Crippen LogP contribution in [0.25, 0.3) is 0 Å². The number of hydrogen-bond acceptors (Lipinski definition) is 3. The minimum absolute atomic E-state index is 0.202. The largest absolute Gasteiger partial charge is 0.413 e. The Labute approximate surface area is 156 Å². The lowest BCUT2D eigenvalue weighted by Crippen LogP contribution is -2.49. The average Bonchev–Trinajstić information content (AvgIpc) is 3.04. The summed E-state index contributed by atoms with van der Waals surface area (Å²) in [5.41, 5.74) is 0.920. The zero-order chi connectivity index (χ0) is 18.7. The van der Waals surface area contributed by atoms with Gasteiger partial charge in [0.25, 0.3) is 0 Å². The van der Waals surface area contributed by atoms with E-state index < -0.39 is 8.32 Å². The number of ether oxygens (including phenoxy) is 2. The van der Waals surface area contributed by atoms with E-state index in [0.717, 1.165) is 6.42 Å². The van der Waals surface area contributed by atoms with Crippen molar-refractivity contribution in [3.8, 4) is 0 Å². The van der Waals surface area contributed by atoms with Gasteiger partial charge in [-0.25, -0.2) is 0 Å². The highest BCUT2D eigenvalue weighted by atomic mass is 28.4. The summed E-state index contributed by atoms with van der Waals surface area (Å²) in [5.74, 6) is 0. The fraction of sp³-hybridized carbons (Fsp3) is 1.00. The first-order valence-electron chi connectivity index (χ1n) is 10.2. The molecule has 0 saturated heterocycles. The molecule has 4 atom stereocenters. The van der Waals surface area contributed by atoms with E-state index in [1.54, 1.807) is 7.11 Å². The third kappa shape index (κ3) is 2.61. The Morgan fingerprint density at radius 3 is 2.32 bits per heavy atom. The van der Waals surface area contributed by atoms with Gasteiger partial charge in [-0.2, -0.15) is 0 Å².